The molecule has 3 heterocycles. The third-order valence-electron chi connectivity index (χ3n) is 4.82. The summed E-state index contributed by atoms with van der Waals surface area (Å²) < 4.78 is 7.65. The van der Waals surface area contributed by atoms with Gasteiger partial charge < -0.3 is 9.72 Å². The summed E-state index contributed by atoms with van der Waals surface area (Å²) in [6, 6.07) is 20.3. The van der Waals surface area contributed by atoms with E-state index in [1.54, 1.807) is 11.0 Å². The molecule has 0 amide bonds. The number of H-pyrrole nitrogens is 1. The lowest BCUT2D eigenvalue weighted by Crippen LogP contribution is -1.94. The average molecular weight is 381 g/mol. The zero-order chi connectivity index (χ0) is 19.6. The molecule has 5 aromatic rings. The van der Waals surface area contributed by atoms with E-state index in [1.165, 1.54) is 0 Å². The van der Waals surface area contributed by atoms with Crippen LogP contribution in [-0.2, 0) is 13.7 Å². The molecule has 0 spiro atoms. The maximum Gasteiger partial charge on any atom is 0.141 e. The lowest BCUT2D eigenvalue weighted by molar-refractivity contribution is 0.306. The number of aryl methyl sites for hydroxylation is 1. The first-order chi connectivity index (χ1) is 14.3. The number of rotatable bonds is 5. The molecule has 3 aromatic heterocycles. The third-order valence-corrected chi connectivity index (χ3v) is 4.82. The Morgan fingerprint density at radius 2 is 1.79 bits per heavy atom. The Kier molecular flexibility index (Phi) is 4.29. The highest BCUT2D eigenvalue weighted by molar-refractivity contribution is 5.93. The molecular weight excluding hydrogens is 362 g/mol. The molecule has 6 nitrogen and oxygen atoms in total. The summed E-state index contributed by atoms with van der Waals surface area (Å²) in [7, 11) is 1.89. The van der Waals surface area contributed by atoms with Gasteiger partial charge in [0.2, 0.25) is 0 Å². The first-order valence-electron chi connectivity index (χ1n) is 9.36. The van der Waals surface area contributed by atoms with E-state index in [4.69, 9.17) is 4.74 Å². The Bertz CT molecular complexity index is 1260. The van der Waals surface area contributed by atoms with Crippen molar-refractivity contribution in [3.05, 3.63) is 84.9 Å². The van der Waals surface area contributed by atoms with E-state index in [-0.39, 0.29) is 0 Å². The van der Waals surface area contributed by atoms with Gasteiger partial charge in [0, 0.05) is 29.9 Å². The molecule has 5 rings (SSSR count). The van der Waals surface area contributed by atoms with Gasteiger partial charge in [0.05, 0.1) is 11.9 Å². The fraction of sp³-hybridized carbons (Fsp3) is 0.0870. The number of nitrogens with one attached hydrogen (secondary N) is 1. The van der Waals surface area contributed by atoms with E-state index in [1.807, 2.05) is 61.9 Å². The Hall–Kier alpha value is -3.93. The number of aromatic amines is 1. The van der Waals surface area contributed by atoms with Crippen LogP contribution >= 0.6 is 0 Å². The summed E-state index contributed by atoms with van der Waals surface area (Å²) in [5.74, 6) is 0.838. The van der Waals surface area contributed by atoms with E-state index in [2.05, 4.69) is 38.2 Å². The minimum Gasteiger partial charge on any atom is -0.489 e. The number of nitrogens with zero attached hydrogens (tertiary/aromatic N) is 4. The summed E-state index contributed by atoms with van der Waals surface area (Å²) in [5.41, 5.74) is 5.84. The topological polar surface area (TPSA) is 68.6 Å². The van der Waals surface area contributed by atoms with Gasteiger partial charge in [-0.25, -0.2) is 9.97 Å². The monoisotopic (exact) mass is 381 g/mol. The Morgan fingerprint density at radius 3 is 2.55 bits per heavy atom. The standard InChI is InChI=1S/C23H19N5O/c1-28-13-18(12-26-28)22-20-11-21(27-23(20)25-15-24-22)17-7-9-19(10-8-17)29-14-16-5-3-2-4-6-16/h2-13,15H,14H2,1H3,(H,24,25,27). The smallest absolute Gasteiger partial charge is 0.141 e. The number of fused-ring (bicyclic) bond motifs is 1. The molecule has 142 valence electrons. The molecule has 0 aliphatic rings. The summed E-state index contributed by atoms with van der Waals surface area (Å²) in [6.07, 6.45) is 5.34. The van der Waals surface area contributed by atoms with Crippen molar-refractivity contribution in [1.29, 1.82) is 0 Å². The zero-order valence-electron chi connectivity index (χ0n) is 15.9. The molecule has 0 aliphatic carbocycles. The lowest BCUT2D eigenvalue weighted by atomic mass is 10.1. The van der Waals surface area contributed by atoms with Crippen LogP contribution in [0.15, 0.2) is 79.4 Å². The summed E-state index contributed by atoms with van der Waals surface area (Å²) in [4.78, 5) is 12.2. The molecule has 0 saturated heterocycles. The van der Waals surface area contributed by atoms with Crippen LogP contribution in [0.3, 0.4) is 0 Å². The van der Waals surface area contributed by atoms with E-state index in [0.717, 1.165) is 44.9 Å². The van der Waals surface area contributed by atoms with Crippen LogP contribution in [0.4, 0.5) is 0 Å². The maximum absolute atomic E-state index is 5.88. The summed E-state index contributed by atoms with van der Waals surface area (Å²) in [6.45, 7) is 0.552. The molecule has 0 radical (unpaired) electrons. The van der Waals surface area contributed by atoms with Gasteiger partial charge >= 0.3 is 0 Å². The van der Waals surface area contributed by atoms with E-state index >= 15 is 0 Å². The minimum atomic E-state index is 0.552. The Labute approximate surface area is 167 Å². The Morgan fingerprint density at radius 1 is 0.966 bits per heavy atom. The summed E-state index contributed by atoms with van der Waals surface area (Å²) >= 11 is 0. The van der Waals surface area contributed by atoms with Crippen LogP contribution < -0.4 is 4.74 Å². The summed E-state index contributed by atoms with van der Waals surface area (Å²) in [5, 5.41) is 5.22. The van der Waals surface area contributed by atoms with E-state index in [0.29, 0.717) is 6.61 Å². The van der Waals surface area contributed by atoms with Gasteiger partial charge in [-0.3, -0.25) is 4.68 Å². The van der Waals surface area contributed by atoms with Crippen molar-refractivity contribution in [2.45, 2.75) is 6.61 Å². The van der Waals surface area contributed by atoms with Crippen molar-refractivity contribution in [1.82, 2.24) is 24.7 Å². The van der Waals surface area contributed by atoms with Crippen molar-refractivity contribution < 1.29 is 4.74 Å². The number of hydrogen-bond acceptors (Lipinski definition) is 4. The molecule has 0 saturated carbocycles. The molecule has 0 atom stereocenters. The van der Waals surface area contributed by atoms with E-state index < -0.39 is 0 Å². The molecule has 0 unspecified atom stereocenters. The van der Waals surface area contributed by atoms with Crippen molar-refractivity contribution in [3.63, 3.8) is 0 Å². The molecular formula is C23H19N5O. The normalized spacial score (nSPS) is 11.1. The van der Waals surface area contributed by atoms with Gasteiger partial charge in [-0.1, -0.05) is 30.3 Å². The molecule has 0 bridgehead atoms. The quantitative estimate of drug-likeness (QED) is 0.483. The van der Waals surface area contributed by atoms with Crippen LogP contribution in [0.5, 0.6) is 5.75 Å². The highest BCUT2D eigenvalue weighted by Crippen LogP contribution is 2.30. The molecule has 0 fully saturated rings. The highest BCUT2D eigenvalue weighted by Gasteiger charge is 2.12. The van der Waals surface area contributed by atoms with Gasteiger partial charge in [-0.2, -0.15) is 5.10 Å². The minimum absolute atomic E-state index is 0.552. The number of aromatic nitrogens is 5. The van der Waals surface area contributed by atoms with Gasteiger partial charge in [0.15, 0.2) is 0 Å². The van der Waals surface area contributed by atoms with Crippen LogP contribution in [0.25, 0.3) is 33.5 Å². The predicted molar refractivity (Wildman–Crippen MR) is 112 cm³/mol. The van der Waals surface area contributed by atoms with Crippen molar-refractivity contribution in [2.75, 3.05) is 0 Å². The highest BCUT2D eigenvalue weighted by atomic mass is 16.5. The first kappa shape index (κ1) is 17.2. The van der Waals surface area contributed by atoms with E-state index in [9.17, 15) is 0 Å². The first-order valence-corrected chi connectivity index (χ1v) is 9.36. The van der Waals surface area contributed by atoms with Crippen molar-refractivity contribution in [2.24, 2.45) is 7.05 Å². The lowest BCUT2D eigenvalue weighted by Gasteiger charge is -2.07. The van der Waals surface area contributed by atoms with Crippen molar-refractivity contribution in [3.8, 4) is 28.3 Å². The predicted octanol–water partition coefficient (Wildman–Crippen LogP) is 4.60. The maximum atomic E-state index is 5.88. The zero-order valence-corrected chi connectivity index (χ0v) is 15.9. The largest absolute Gasteiger partial charge is 0.489 e. The van der Waals surface area contributed by atoms with Crippen molar-refractivity contribution >= 4 is 11.0 Å². The van der Waals surface area contributed by atoms with Crippen LogP contribution in [0.1, 0.15) is 5.56 Å². The van der Waals surface area contributed by atoms with Crippen LogP contribution in [0.2, 0.25) is 0 Å². The third kappa shape index (κ3) is 3.48. The number of ether oxygens (including phenoxy) is 1. The second kappa shape index (κ2) is 7.24. The van der Waals surface area contributed by atoms with Gasteiger partial charge in [-0.15, -0.1) is 0 Å². The fourth-order valence-electron chi connectivity index (χ4n) is 3.34. The second-order valence-electron chi connectivity index (χ2n) is 6.87. The van der Waals surface area contributed by atoms with Gasteiger partial charge in [0.1, 0.15) is 24.3 Å². The number of hydrogen-bond donors (Lipinski definition) is 1. The molecule has 2 aromatic carbocycles. The molecule has 0 aliphatic heterocycles. The van der Waals surface area contributed by atoms with Crippen LogP contribution in [-0.4, -0.2) is 24.7 Å². The Balaban J connectivity index is 1.41. The SMILES string of the molecule is Cn1cc(-c2ncnc3[nH]c(-c4ccc(OCc5ccccc5)cc4)cc23)cn1. The second-order valence-corrected chi connectivity index (χ2v) is 6.87. The number of benzene rings is 2. The van der Waals surface area contributed by atoms with Crippen LogP contribution in [0, 0.1) is 0 Å². The van der Waals surface area contributed by atoms with Gasteiger partial charge in [0.25, 0.3) is 0 Å². The van der Waals surface area contributed by atoms with Gasteiger partial charge in [-0.05, 0) is 41.5 Å². The average Bonchev–Trinajstić information content (AvgIpc) is 3.39. The molecule has 6 heteroatoms. The fourth-order valence-corrected chi connectivity index (χ4v) is 3.34. The molecule has 1 N–H and O–H groups in total. The molecule has 29 heavy (non-hydrogen) atoms.